The summed E-state index contributed by atoms with van der Waals surface area (Å²) >= 11 is 0. The first-order valence-corrected chi connectivity index (χ1v) is 22.8. The molecule has 4 aliphatic heterocycles. The van der Waals surface area contributed by atoms with Crippen molar-refractivity contribution >= 4 is 34.6 Å². The number of ether oxygens (including phenoxy) is 3. The Balaban J connectivity index is 0.705. The van der Waals surface area contributed by atoms with Crippen LogP contribution in [-0.2, 0) is 29.7 Å². The molecule has 1 atom stereocenters. The highest BCUT2D eigenvalue weighted by Gasteiger charge is 2.47. The lowest BCUT2D eigenvalue weighted by molar-refractivity contribution is -0.136. The second-order valence-corrected chi connectivity index (χ2v) is 18.8. The molecule has 10 rings (SSSR count). The summed E-state index contributed by atoms with van der Waals surface area (Å²) in [5.74, 6) is 2.80. The van der Waals surface area contributed by atoms with Gasteiger partial charge in [0.2, 0.25) is 17.8 Å². The highest BCUT2D eigenvalue weighted by molar-refractivity contribution is 6.05. The Kier molecular flexibility index (Phi) is 11.0. The molecule has 0 bridgehead atoms. The molecule has 14 nitrogen and oxygen atoms in total. The number of allylic oxidation sites excluding steroid dienone is 2. The third-order valence-electron chi connectivity index (χ3n) is 14.9. The molecule has 1 N–H and O–H groups in total. The number of hydrogen-bond acceptors (Lipinski definition) is 11. The van der Waals surface area contributed by atoms with Gasteiger partial charge in [0, 0.05) is 63.2 Å². The Labute approximate surface area is 367 Å². The van der Waals surface area contributed by atoms with E-state index in [1.165, 1.54) is 25.7 Å². The zero-order valence-corrected chi connectivity index (χ0v) is 36.6. The fraction of sp³-hybridized carbons (Fsp3) is 0.510. The van der Waals surface area contributed by atoms with Crippen molar-refractivity contribution in [2.24, 2.45) is 18.4 Å². The van der Waals surface area contributed by atoms with Crippen molar-refractivity contribution in [3.8, 4) is 28.4 Å². The van der Waals surface area contributed by atoms with E-state index in [9.17, 15) is 19.2 Å². The number of aromatic nitrogens is 3. The minimum atomic E-state index is -0.613. The number of fused-ring (bicyclic) bond motifs is 2. The summed E-state index contributed by atoms with van der Waals surface area (Å²) in [4.78, 5) is 65.9. The van der Waals surface area contributed by atoms with E-state index in [1.807, 2.05) is 36.5 Å². The van der Waals surface area contributed by atoms with Crippen molar-refractivity contribution in [3.05, 3.63) is 81.4 Å². The second kappa shape index (κ2) is 16.7. The van der Waals surface area contributed by atoms with Crippen molar-refractivity contribution in [2.75, 3.05) is 45.3 Å². The lowest BCUT2D eigenvalue weighted by atomic mass is 9.58. The molecule has 3 saturated heterocycles. The molecule has 2 saturated carbocycles. The molecule has 14 heteroatoms. The van der Waals surface area contributed by atoms with Crippen LogP contribution in [0.2, 0.25) is 0 Å². The standard InChI is InChI=1S/C49H57N7O7/c1-53-28-38(44-37(46(53)59)26-50-48(52-44)55-17-4-18-55)32-22-41(61-2)39(42(23-32)62-3)29-54-19-13-31(14-20-54)6-5-30-11-15-49(16-12-30)24-35(25-49)63-34-7-8-36-33(21-34)27-56(47(36)60)40-9-10-43(57)51-45(40)58/h5,7-8,21-23,26,28,31,35,40H,4,6,9-20,24-25,27,29H2,1-3H3,(H,51,57,58). The van der Waals surface area contributed by atoms with Gasteiger partial charge in [-0.05, 0) is 137 Å². The Morgan fingerprint density at radius 1 is 0.905 bits per heavy atom. The van der Waals surface area contributed by atoms with Crippen LogP contribution in [-0.4, -0.2) is 94.6 Å². The average Bonchev–Trinajstić information content (AvgIpc) is 3.58. The number of benzene rings is 2. The summed E-state index contributed by atoms with van der Waals surface area (Å²) in [5, 5.41) is 2.86. The van der Waals surface area contributed by atoms with E-state index < -0.39 is 11.9 Å². The Bertz CT molecular complexity index is 2530. The molecule has 3 amide bonds. The summed E-state index contributed by atoms with van der Waals surface area (Å²) in [7, 11) is 5.17. The van der Waals surface area contributed by atoms with E-state index in [2.05, 4.69) is 26.2 Å². The van der Waals surface area contributed by atoms with Gasteiger partial charge in [0.1, 0.15) is 23.3 Å². The second-order valence-electron chi connectivity index (χ2n) is 18.8. The maximum Gasteiger partial charge on any atom is 0.261 e. The minimum absolute atomic E-state index is 0.125. The molecule has 6 heterocycles. The molecule has 2 aliphatic carbocycles. The number of piperidine rings is 2. The summed E-state index contributed by atoms with van der Waals surface area (Å²) in [6, 6.07) is 9.14. The minimum Gasteiger partial charge on any atom is -0.496 e. The number of rotatable bonds is 11. The molecule has 1 spiro atoms. The van der Waals surface area contributed by atoms with Crippen LogP contribution >= 0.6 is 0 Å². The van der Waals surface area contributed by atoms with E-state index >= 15 is 0 Å². The number of hydrogen-bond donors (Lipinski definition) is 1. The highest BCUT2D eigenvalue weighted by atomic mass is 16.5. The molecule has 2 aromatic heterocycles. The molecular formula is C49H57N7O7. The zero-order valence-electron chi connectivity index (χ0n) is 36.6. The first kappa shape index (κ1) is 41.3. The van der Waals surface area contributed by atoms with Gasteiger partial charge in [-0.2, -0.15) is 0 Å². The maximum absolute atomic E-state index is 13.1. The van der Waals surface area contributed by atoms with Gasteiger partial charge in [-0.25, -0.2) is 9.97 Å². The van der Waals surface area contributed by atoms with Crippen molar-refractivity contribution in [3.63, 3.8) is 0 Å². The van der Waals surface area contributed by atoms with E-state index in [1.54, 1.807) is 42.5 Å². The van der Waals surface area contributed by atoms with Crippen LogP contribution in [0.3, 0.4) is 0 Å². The van der Waals surface area contributed by atoms with E-state index in [4.69, 9.17) is 19.2 Å². The summed E-state index contributed by atoms with van der Waals surface area (Å²) in [6.45, 7) is 4.97. The summed E-state index contributed by atoms with van der Waals surface area (Å²) in [6.07, 6.45) is 18.3. The maximum atomic E-state index is 13.1. The highest BCUT2D eigenvalue weighted by Crippen LogP contribution is 2.54. The van der Waals surface area contributed by atoms with Crippen LogP contribution in [0.5, 0.6) is 17.2 Å². The number of imide groups is 1. The Morgan fingerprint density at radius 3 is 2.33 bits per heavy atom. The lowest BCUT2D eigenvalue weighted by Crippen LogP contribution is -2.52. The van der Waals surface area contributed by atoms with Crippen molar-refractivity contribution < 1.29 is 28.6 Å². The first-order valence-electron chi connectivity index (χ1n) is 22.8. The van der Waals surface area contributed by atoms with Crippen molar-refractivity contribution in [2.45, 2.75) is 102 Å². The molecule has 330 valence electrons. The molecule has 4 aromatic rings. The predicted molar refractivity (Wildman–Crippen MR) is 238 cm³/mol. The number of anilines is 1. The van der Waals surface area contributed by atoms with Crippen molar-refractivity contribution in [1.29, 1.82) is 0 Å². The lowest BCUT2D eigenvalue weighted by Gasteiger charge is -2.50. The molecule has 1 unspecified atom stereocenters. The molecular weight excluding hydrogens is 799 g/mol. The predicted octanol–water partition coefficient (Wildman–Crippen LogP) is 6.31. The van der Waals surface area contributed by atoms with Gasteiger partial charge < -0.3 is 28.6 Å². The largest absolute Gasteiger partial charge is 0.496 e. The topological polar surface area (TPSA) is 148 Å². The molecule has 6 aliphatic rings. The number of nitrogens with one attached hydrogen (secondary N) is 1. The quantitative estimate of drug-likeness (QED) is 0.134. The normalized spacial score (nSPS) is 24.0. The van der Waals surface area contributed by atoms with Gasteiger partial charge >= 0.3 is 0 Å². The third-order valence-corrected chi connectivity index (χ3v) is 14.9. The fourth-order valence-corrected chi connectivity index (χ4v) is 10.9. The summed E-state index contributed by atoms with van der Waals surface area (Å²) < 4.78 is 20.1. The molecule has 0 radical (unpaired) electrons. The van der Waals surface area contributed by atoms with Crippen LogP contribution in [0.1, 0.15) is 98.5 Å². The molecule has 5 fully saturated rings. The zero-order chi connectivity index (χ0) is 43.4. The van der Waals surface area contributed by atoms with Gasteiger partial charge in [-0.3, -0.25) is 29.4 Å². The number of likely N-dealkylation sites (tertiary alicyclic amines) is 1. The number of aryl methyl sites for hydroxylation is 1. The Morgan fingerprint density at radius 2 is 1.65 bits per heavy atom. The van der Waals surface area contributed by atoms with Crippen LogP contribution in [0.25, 0.3) is 22.0 Å². The number of carbonyl (C=O) groups excluding carboxylic acids is 3. The third kappa shape index (κ3) is 7.95. The van der Waals surface area contributed by atoms with Gasteiger partial charge in [-0.1, -0.05) is 11.6 Å². The van der Waals surface area contributed by atoms with Gasteiger partial charge in [0.25, 0.3) is 11.5 Å². The van der Waals surface area contributed by atoms with Crippen molar-refractivity contribution in [1.82, 2.24) is 29.7 Å². The van der Waals surface area contributed by atoms with E-state index in [0.29, 0.717) is 46.7 Å². The van der Waals surface area contributed by atoms with Gasteiger partial charge in [0.15, 0.2) is 0 Å². The average molecular weight is 856 g/mol. The smallest absolute Gasteiger partial charge is 0.261 e. The summed E-state index contributed by atoms with van der Waals surface area (Å²) in [5.41, 5.74) is 6.71. The first-order chi connectivity index (χ1) is 30.6. The number of pyridine rings is 1. The van der Waals surface area contributed by atoms with Crippen LogP contribution in [0.4, 0.5) is 5.95 Å². The van der Waals surface area contributed by atoms with Gasteiger partial charge in [0.05, 0.1) is 36.8 Å². The number of nitrogens with zero attached hydrogens (tertiary/aromatic N) is 6. The fourth-order valence-electron chi connectivity index (χ4n) is 10.9. The van der Waals surface area contributed by atoms with Crippen LogP contribution < -0.4 is 30.0 Å². The SMILES string of the molecule is COc1cc(-c2cn(C)c(=O)c3cnc(N4CCC4)nc23)cc(OC)c1CN1CCC(CC=C2CCC3(CC2)CC(Oc2ccc4c(c2)CN(C2CCC(=O)NC2=O)C4=O)C3)CC1. The van der Waals surface area contributed by atoms with Crippen LogP contribution in [0.15, 0.2) is 59.2 Å². The van der Waals surface area contributed by atoms with E-state index in [0.717, 1.165) is 111 Å². The van der Waals surface area contributed by atoms with Crippen LogP contribution in [0, 0.1) is 11.3 Å². The monoisotopic (exact) mass is 855 g/mol. The molecule has 63 heavy (non-hydrogen) atoms. The van der Waals surface area contributed by atoms with E-state index in [-0.39, 0.29) is 29.9 Å². The molecule has 2 aromatic carbocycles. The number of methoxy groups -OCH3 is 2. The number of carbonyl (C=O) groups is 3. The Hall–Kier alpha value is -5.76. The number of amides is 3. The van der Waals surface area contributed by atoms with Gasteiger partial charge in [-0.15, -0.1) is 0 Å².